The van der Waals surface area contributed by atoms with Crippen LogP contribution in [0.5, 0.6) is 0 Å². The van der Waals surface area contributed by atoms with E-state index < -0.39 is 34.7 Å². The van der Waals surface area contributed by atoms with Crippen molar-refractivity contribution in [1.29, 1.82) is 0 Å². The highest BCUT2D eigenvalue weighted by atomic mass is 16.2. The van der Waals surface area contributed by atoms with Crippen LogP contribution in [0.3, 0.4) is 0 Å². The van der Waals surface area contributed by atoms with Gasteiger partial charge in [0.25, 0.3) is 0 Å². The maximum Gasteiger partial charge on any atom is 0.246 e. The number of hydrogen-bond acceptors (Lipinski definition) is 6. The number of benzene rings is 3. The Morgan fingerprint density at radius 2 is 1.59 bits per heavy atom. The van der Waals surface area contributed by atoms with Crippen LogP contribution in [0.4, 0.5) is 0 Å². The van der Waals surface area contributed by atoms with Crippen LogP contribution in [0, 0.1) is 5.92 Å². The Bertz CT molecular complexity index is 1540. The molecule has 1 fully saturated rings. The van der Waals surface area contributed by atoms with Gasteiger partial charge in [-0.2, -0.15) is 0 Å². The van der Waals surface area contributed by atoms with E-state index in [0.29, 0.717) is 6.42 Å². The number of carbonyl (C=O) groups excluding carboxylic acids is 4. The van der Waals surface area contributed by atoms with Crippen LogP contribution < -0.4 is 16.9 Å². The molecule has 9 nitrogen and oxygen atoms in total. The zero-order valence-electron chi connectivity index (χ0n) is 26.0. The first-order chi connectivity index (χ1) is 20.8. The molecule has 3 aromatic rings. The molecule has 0 aliphatic carbocycles. The summed E-state index contributed by atoms with van der Waals surface area (Å²) < 4.78 is 0. The van der Waals surface area contributed by atoms with Gasteiger partial charge in [0.05, 0.1) is 24.0 Å². The maximum atomic E-state index is 14.6. The highest BCUT2D eigenvalue weighted by molar-refractivity contribution is 6.01. The van der Waals surface area contributed by atoms with Crippen molar-refractivity contribution in [3.8, 4) is 0 Å². The van der Waals surface area contributed by atoms with Crippen molar-refractivity contribution in [2.24, 2.45) is 17.4 Å². The van der Waals surface area contributed by atoms with Gasteiger partial charge >= 0.3 is 0 Å². The molecule has 0 bridgehead atoms. The van der Waals surface area contributed by atoms with E-state index in [9.17, 15) is 19.2 Å². The first kappa shape index (κ1) is 32.6. The molecule has 1 aliphatic rings. The third kappa shape index (κ3) is 7.98. The Morgan fingerprint density at radius 1 is 0.932 bits per heavy atom. The molecule has 0 aromatic heterocycles. The number of rotatable bonds is 12. The predicted octanol–water partition coefficient (Wildman–Crippen LogP) is 3.30. The zero-order chi connectivity index (χ0) is 32.1. The third-order valence-electron chi connectivity index (χ3n) is 8.19. The molecular weight excluding hydrogens is 554 g/mol. The number of hydrazine groups is 1. The molecular formula is C35H43N5O4. The van der Waals surface area contributed by atoms with Crippen molar-refractivity contribution in [1.82, 2.24) is 15.3 Å². The SMILES string of the molecule is CN(C(=O)/C=C/CC(C)(C)N)[C@H](Cc1ccc2ccccc2c1)C(=O)C(C)(N)C(Cc1ccccc1)C(=O)N1CCC(=O)N1. The first-order valence-electron chi connectivity index (χ1n) is 14.9. The van der Waals surface area contributed by atoms with Crippen LogP contribution in [0.1, 0.15) is 44.7 Å². The monoisotopic (exact) mass is 597 g/mol. The van der Waals surface area contributed by atoms with E-state index in [2.05, 4.69) is 5.43 Å². The van der Waals surface area contributed by atoms with Crippen molar-refractivity contribution in [3.05, 3.63) is 96.1 Å². The molecule has 1 heterocycles. The fraction of sp³-hybridized carbons (Fsp3) is 0.371. The summed E-state index contributed by atoms with van der Waals surface area (Å²) in [4.78, 5) is 55.3. The minimum atomic E-state index is -1.70. The topological polar surface area (TPSA) is 139 Å². The quantitative estimate of drug-likeness (QED) is 0.274. The summed E-state index contributed by atoms with van der Waals surface area (Å²) >= 11 is 0. The predicted molar refractivity (Wildman–Crippen MR) is 172 cm³/mol. The highest BCUT2D eigenvalue weighted by Crippen LogP contribution is 2.28. The van der Waals surface area contributed by atoms with Crippen molar-refractivity contribution in [3.63, 3.8) is 0 Å². The minimum absolute atomic E-state index is 0.173. The van der Waals surface area contributed by atoms with Crippen LogP contribution in [0.2, 0.25) is 0 Å². The van der Waals surface area contributed by atoms with E-state index in [0.717, 1.165) is 21.9 Å². The maximum absolute atomic E-state index is 14.6. The van der Waals surface area contributed by atoms with Crippen molar-refractivity contribution in [2.45, 2.75) is 63.6 Å². The van der Waals surface area contributed by atoms with E-state index in [1.165, 1.54) is 16.0 Å². The molecule has 44 heavy (non-hydrogen) atoms. The van der Waals surface area contributed by atoms with E-state index in [1.54, 1.807) is 20.0 Å². The van der Waals surface area contributed by atoms with Crippen molar-refractivity contribution in [2.75, 3.05) is 13.6 Å². The van der Waals surface area contributed by atoms with E-state index in [-0.39, 0.29) is 37.6 Å². The smallest absolute Gasteiger partial charge is 0.246 e. The first-order valence-corrected chi connectivity index (χ1v) is 14.9. The average molecular weight is 598 g/mol. The van der Waals surface area contributed by atoms with Crippen LogP contribution in [-0.4, -0.2) is 64.1 Å². The molecule has 1 saturated heterocycles. The number of nitrogens with zero attached hydrogens (tertiary/aromatic N) is 2. The number of Topliss-reactive ketones (excluding diaryl/α,β-unsaturated/α-hetero) is 1. The number of amides is 3. The molecule has 0 saturated carbocycles. The minimum Gasteiger partial charge on any atom is -0.332 e. The summed E-state index contributed by atoms with van der Waals surface area (Å²) in [6, 6.07) is 22.2. The van der Waals surface area contributed by atoms with Gasteiger partial charge in [-0.3, -0.25) is 29.6 Å². The Morgan fingerprint density at radius 3 is 2.23 bits per heavy atom. The van der Waals surface area contributed by atoms with Gasteiger partial charge in [0, 0.05) is 25.4 Å². The summed E-state index contributed by atoms with van der Waals surface area (Å²) in [5.41, 5.74) is 15.1. The second-order valence-electron chi connectivity index (χ2n) is 12.6. The molecule has 9 heteroatoms. The molecule has 0 radical (unpaired) electrons. The summed E-state index contributed by atoms with van der Waals surface area (Å²) in [6.07, 6.45) is 4.15. The highest BCUT2D eigenvalue weighted by Gasteiger charge is 2.48. The van der Waals surface area contributed by atoms with Crippen molar-refractivity contribution < 1.29 is 19.2 Å². The fourth-order valence-electron chi connectivity index (χ4n) is 5.49. The van der Waals surface area contributed by atoms with Gasteiger partial charge in [-0.1, -0.05) is 78.9 Å². The number of ketones is 1. The van der Waals surface area contributed by atoms with E-state index >= 15 is 0 Å². The Kier molecular flexibility index (Phi) is 10.0. The summed E-state index contributed by atoms with van der Waals surface area (Å²) in [5, 5.41) is 3.31. The van der Waals surface area contributed by atoms with Gasteiger partial charge in [-0.05, 0) is 61.6 Å². The zero-order valence-corrected chi connectivity index (χ0v) is 26.0. The average Bonchev–Trinajstić information content (AvgIpc) is 3.43. The number of hydrogen-bond donors (Lipinski definition) is 3. The second kappa shape index (κ2) is 13.5. The van der Waals surface area contributed by atoms with Crippen LogP contribution in [0.15, 0.2) is 84.9 Å². The van der Waals surface area contributed by atoms with Crippen molar-refractivity contribution >= 4 is 34.3 Å². The van der Waals surface area contributed by atoms with Gasteiger partial charge < -0.3 is 16.4 Å². The second-order valence-corrected chi connectivity index (χ2v) is 12.6. The summed E-state index contributed by atoms with van der Waals surface area (Å²) in [7, 11) is 1.58. The molecule has 1 aliphatic heterocycles. The van der Waals surface area contributed by atoms with E-state index in [1.807, 2.05) is 86.6 Å². The molecule has 232 valence electrons. The van der Waals surface area contributed by atoms with Crippen LogP contribution in [-0.2, 0) is 32.0 Å². The van der Waals surface area contributed by atoms with Gasteiger partial charge in [-0.25, -0.2) is 0 Å². The molecule has 4 rings (SSSR count). The lowest BCUT2D eigenvalue weighted by Gasteiger charge is -2.38. The largest absolute Gasteiger partial charge is 0.332 e. The Hall–Kier alpha value is -4.34. The van der Waals surface area contributed by atoms with Crippen LogP contribution in [0.25, 0.3) is 10.8 Å². The number of fused-ring (bicyclic) bond motifs is 1. The van der Waals surface area contributed by atoms with Gasteiger partial charge in [0.15, 0.2) is 5.78 Å². The molecule has 3 amide bonds. The molecule has 3 atom stereocenters. The van der Waals surface area contributed by atoms with Gasteiger partial charge in [0.1, 0.15) is 0 Å². The molecule has 2 unspecified atom stereocenters. The third-order valence-corrected chi connectivity index (χ3v) is 8.19. The fourth-order valence-corrected chi connectivity index (χ4v) is 5.49. The normalized spacial score (nSPS) is 16.4. The lowest BCUT2D eigenvalue weighted by atomic mass is 9.75. The van der Waals surface area contributed by atoms with Gasteiger partial charge in [-0.15, -0.1) is 0 Å². The number of carbonyl (C=O) groups is 4. The lowest BCUT2D eigenvalue weighted by Crippen LogP contribution is -2.63. The molecule has 3 aromatic carbocycles. The van der Waals surface area contributed by atoms with Crippen LogP contribution >= 0.6 is 0 Å². The van der Waals surface area contributed by atoms with E-state index in [4.69, 9.17) is 11.5 Å². The van der Waals surface area contributed by atoms with Gasteiger partial charge in [0.2, 0.25) is 17.7 Å². The summed E-state index contributed by atoms with van der Waals surface area (Å²) in [6.45, 7) is 5.47. The standard InChI is InChI=1S/C35H43N5O4/c1-34(2,36)19-10-15-31(42)39(4)29(23-25-16-17-26-13-8-9-14-27(26)21-25)32(43)35(3,37)28(22-24-11-6-5-7-12-24)33(44)40-20-18-30(41)38-40/h5-17,21,28-29H,18-20,22-23,36-37H2,1-4H3,(H,38,41)/b15-10+/t28?,29-,35?/m1/s1. The lowest BCUT2D eigenvalue weighted by molar-refractivity contribution is -0.147. The molecule has 5 N–H and O–H groups in total. The number of nitrogens with one attached hydrogen (secondary N) is 1. The summed E-state index contributed by atoms with van der Waals surface area (Å²) in [5.74, 6) is -2.54. The Labute approximate surface area is 259 Å². The number of nitrogens with two attached hydrogens (primary N) is 2. The number of likely N-dealkylation sites (N-methyl/N-ethyl adjacent to an activating group) is 1. The molecule has 0 spiro atoms. The Balaban J connectivity index is 1.71.